The number of nitrogens with one attached hydrogen (secondary N) is 1. The quantitative estimate of drug-likeness (QED) is 0.342. The Morgan fingerprint density at radius 3 is 2.59 bits per heavy atom. The molecule has 1 heterocycles. The second kappa shape index (κ2) is 6.39. The molecule has 1 aliphatic heterocycles. The summed E-state index contributed by atoms with van der Waals surface area (Å²) in [4.78, 5) is 28.6. The summed E-state index contributed by atoms with van der Waals surface area (Å²) in [5.74, 6) is -0.714. The van der Waals surface area contributed by atoms with Crippen LogP contribution in [0.3, 0.4) is 0 Å². The summed E-state index contributed by atoms with van der Waals surface area (Å²) in [5.41, 5.74) is 3.24. The first-order chi connectivity index (χ1) is 8.13. The fourth-order valence-electron chi connectivity index (χ4n) is 1.65. The minimum absolute atomic E-state index is 0.102. The van der Waals surface area contributed by atoms with E-state index in [1.165, 1.54) is 0 Å². The van der Waals surface area contributed by atoms with Crippen molar-refractivity contribution in [3.8, 4) is 0 Å². The number of carbonyl (C=O) groups excluding carboxylic acids is 2. The molecule has 5 nitrogen and oxygen atoms in total. The largest absolute Gasteiger partial charge is 0.458 e. The van der Waals surface area contributed by atoms with Crippen LogP contribution in [0.1, 0.15) is 40.0 Å². The van der Waals surface area contributed by atoms with Crippen LogP contribution in [0.15, 0.2) is 11.3 Å². The Hall–Kier alpha value is -1.36. The van der Waals surface area contributed by atoms with E-state index in [1.54, 1.807) is 0 Å². The van der Waals surface area contributed by atoms with Crippen molar-refractivity contribution in [2.75, 3.05) is 6.61 Å². The number of cyclic esters (lactones) is 1. The third-order valence-corrected chi connectivity index (χ3v) is 2.62. The molecule has 1 N–H and O–H groups in total. The first kappa shape index (κ1) is 13.7. The lowest BCUT2D eigenvalue weighted by atomic mass is 9.98. The predicted octanol–water partition coefficient (Wildman–Crippen LogP) is 1.49. The lowest BCUT2D eigenvalue weighted by molar-refractivity contribution is -0.151. The third-order valence-electron chi connectivity index (χ3n) is 2.62. The van der Waals surface area contributed by atoms with Crippen LogP contribution in [-0.2, 0) is 19.2 Å². The van der Waals surface area contributed by atoms with Crippen molar-refractivity contribution in [1.29, 1.82) is 0 Å². The van der Waals surface area contributed by atoms with Crippen LogP contribution in [0.5, 0.6) is 0 Å². The van der Waals surface area contributed by atoms with E-state index in [4.69, 9.17) is 9.57 Å². The number of Topliss-reactive ketones (excluding diaryl/α,β-unsaturated/α-hetero) is 1. The van der Waals surface area contributed by atoms with E-state index in [9.17, 15) is 9.59 Å². The number of hydrogen-bond donors (Lipinski definition) is 1. The molecule has 0 aromatic carbocycles. The second-order valence-corrected chi connectivity index (χ2v) is 3.81. The van der Waals surface area contributed by atoms with Crippen LogP contribution < -0.4 is 5.48 Å². The Morgan fingerprint density at radius 1 is 1.41 bits per heavy atom. The maximum absolute atomic E-state index is 11.9. The molecule has 0 aromatic heterocycles. The monoisotopic (exact) mass is 241 g/mol. The van der Waals surface area contributed by atoms with Crippen molar-refractivity contribution in [3.05, 3.63) is 11.3 Å². The van der Waals surface area contributed by atoms with E-state index in [-0.39, 0.29) is 23.9 Å². The number of ether oxygens (including phenoxy) is 1. The zero-order valence-corrected chi connectivity index (χ0v) is 10.5. The Balaban J connectivity index is 2.90. The van der Waals surface area contributed by atoms with E-state index in [2.05, 4.69) is 5.48 Å². The Labute approximate surface area is 101 Å². The average molecular weight is 241 g/mol. The zero-order valence-electron chi connectivity index (χ0n) is 10.5. The zero-order chi connectivity index (χ0) is 12.8. The molecule has 1 unspecified atom stereocenters. The van der Waals surface area contributed by atoms with Crippen molar-refractivity contribution in [2.45, 2.75) is 46.1 Å². The highest BCUT2D eigenvalue weighted by molar-refractivity contribution is 6.19. The number of allylic oxidation sites excluding steroid dienone is 1. The fourth-order valence-corrected chi connectivity index (χ4v) is 1.65. The van der Waals surface area contributed by atoms with Crippen LogP contribution in [0, 0.1) is 0 Å². The van der Waals surface area contributed by atoms with Crippen molar-refractivity contribution < 1.29 is 19.2 Å². The van der Waals surface area contributed by atoms with Crippen LogP contribution in [0.4, 0.5) is 0 Å². The SMILES string of the molecule is CCONC(CC)=C1C(=O)CC(CC)OC1=O. The van der Waals surface area contributed by atoms with Gasteiger partial charge in [0, 0.05) is 6.42 Å². The molecule has 1 rings (SSSR count). The minimum atomic E-state index is -0.544. The van der Waals surface area contributed by atoms with Gasteiger partial charge in [0.2, 0.25) is 0 Å². The maximum Gasteiger partial charge on any atom is 0.343 e. The van der Waals surface area contributed by atoms with Crippen LogP contribution in [-0.4, -0.2) is 24.5 Å². The number of hydrogen-bond acceptors (Lipinski definition) is 5. The number of carbonyl (C=O) groups is 2. The van der Waals surface area contributed by atoms with Crippen molar-refractivity contribution in [3.63, 3.8) is 0 Å². The smallest absolute Gasteiger partial charge is 0.343 e. The molecule has 1 fully saturated rings. The fraction of sp³-hybridized carbons (Fsp3) is 0.667. The third kappa shape index (κ3) is 3.30. The molecule has 17 heavy (non-hydrogen) atoms. The summed E-state index contributed by atoms with van der Waals surface area (Å²) in [7, 11) is 0. The van der Waals surface area contributed by atoms with Gasteiger partial charge < -0.3 is 4.74 Å². The molecule has 1 saturated heterocycles. The number of rotatable bonds is 5. The molecule has 0 aliphatic carbocycles. The number of hydroxylamine groups is 1. The average Bonchev–Trinajstić information content (AvgIpc) is 2.32. The Bertz CT molecular complexity index is 315. The van der Waals surface area contributed by atoms with Gasteiger partial charge in [-0.3, -0.25) is 15.1 Å². The minimum Gasteiger partial charge on any atom is -0.458 e. The van der Waals surface area contributed by atoms with Gasteiger partial charge in [0.05, 0.1) is 12.3 Å². The van der Waals surface area contributed by atoms with Crippen LogP contribution >= 0.6 is 0 Å². The molecule has 5 heteroatoms. The van der Waals surface area contributed by atoms with Crippen LogP contribution in [0.25, 0.3) is 0 Å². The van der Waals surface area contributed by atoms with Gasteiger partial charge in [-0.1, -0.05) is 13.8 Å². The van der Waals surface area contributed by atoms with Crippen LogP contribution in [0.2, 0.25) is 0 Å². The molecule has 0 saturated carbocycles. The van der Waals surface area contributed by atoms with Gasteiger partial charge in [-0.05, 0) is 19.8 Å². The molecule has 1 aliphatic rings. The highest BCUT2D eigenvalue weighted by Gasteiger charge is 2.33. The standard InChI is InChI=1S/C12H19NO4/c1-4-8-7-10(14)11(12(15)17-8)9(5-2)13-16-6-3/h8,13H,4-7H2,1-3H3. The van der Waals surface area contributed by atoms with Gasteiger partial charge in [0.15, 0.2) is 5.78 Å². The predicted molar refractivity (Wildman–Crippen MR) is 61.9 cm³/mol. The van der Waals surface area contributed by atoms with E-state index >= 15 is 0 Å². The normalized spacial score (nSPS) is 23.4. The van der Waals surface area contributed by atoms with Gasteiger partial charge in [-0.2, -0.15) is 0 Å². The van der Waals surface area contributed by atoms with E-state index < -0.39 is 5.97 Å². The van der Waals surface area contributed by atoms with Gasteiger partial charge >= 0.3 is 5.97 Å². The first-order valence-electron chi connectivity index (χ1n) is 5.99. The highest BCUT2D eigenvalue weighted by Crippen LogP contribution is 2.21. The Morgan fingerprint density at radius 2 is 2.12 bits per heavy atom. The Kier molecular flexibility index (Phi) is 5.15. The second-order valence-electron chi connectivity index (χ2n) is 3.81. The summed E-state index contributed by atoms with van der Waals surface area (Å²) in [5, 5.41) is 0. The molecule has 0 aromatic rings. The first-order valence-corrected chi connectivity index (χ1v) is 5.99. The van der Waals surface area contributed by atoms with Crippen molar-refractivity contribution in [1.82, 2.24) is 5.48 Å². The van der Waals surface area contributed by atoms with E-state index in [1.807, 2.05) is 20.8 Å². The molecule has 0 spiro atoms. The number of ketones is 1. The molecule has 0 radical (unpaired) electrons. The van der Waals surface area contributed by atoms with Gasteiger partial charge in [0.25, 0.3) is 0 Å². The molecule has 0 amide bonds. The van der Waals surface area contributed by atoms with Gasteiger partial charge in [0.1, 0.15) is 11.7 Å². The lowest BCUT2D eigenvalue weighted by Gasteiger charge is -2.24. The molecular formula is C12H19NO4. The van der Waals surface area contributed by atoms with Crippen molar-refractivity contribution in [2.24, 2.45) is 0 Å². The van der Waals surface area contributed by atoms with E-state index in [0.29, 0.717) is 25.1 Å². The summed E-state index contributed by atoms with van der Waals surface area (Å²) in [6.07, 6.45) is 1.15. The van der Waals surface area contributed by atoms with Crippen molar-refractivity contribution >= 4 is 11.8 Å². The molecule has 1 atom stereocenters. The van der Waals surface area contributed by atoms with E-state index in [0.717, 1.165) is 0 Å². The van der Waals surface area contributed by atoms with Gasteiger partial charge in [-0.15, -0.1) is 0 Å². The summed E-state index contributed by atoms with van der Waals surface area (Å²) >= 11 is 0. The summed E-state index contributed by atoms with van der Waals surface area (Å²) in [6, 6.07) is 0. The topological polar surface area (TPSA) is 64.6 Å². The molecule has 96 valence electrons. The molecule has 0 bridgehead atoms. The van der Waals surface area contributed by atoms with Gasteiger partial charge in [-0.25, -0.2) is 4.79 Å². The summed E-state index contributed by atoms with van der Waals surface area (Å²) < 4.78 is 5.17. The summed E-state index contributed by atoms with van der Waals surface area (Å²) in [6.45, 7) is 6.01. The highest BCUT2D eigenvalue weighted by atomic mass is 16.6. The lowest BCUT2D eigenvalue weighted by Crippen LogP contribution is -2.34. The number of esters is 1. The maximum atomic E-state index is 11.9. The molecular weight excluding hydrogens is 222 g/mol.